The second-order valence-electron chi connectivity index (χ2n) is 9.24. The summed E-state index contributed by atoms with van der Waals surface area (Å²) in [7, 11) is -3.31. The second-order valence-corrected chi connectivity index (χ2v) is 11.5. The number of hydrogen-bond donors (Lipinski definition) is 1. The molecule has 3 aromatic rings. The molecule has 1 atom stereocenters. The van der Waals surface area contributed by atoms with Crippen molar-refractivity contribution in [3.05, 3.63) is 88.5 Å². The highest BCUT2D eigenvalue weighted by atomic mass is 32.2. The number of benzene rings is 1. The molecule has 0 bridgehead atoms. The lowest BCUT2D eigenvalue weighted by Gasteiger charge is -2.27. The molecule has 1 amide bonds. The number of fused-ring (bicyclic) bond motifs is 1. The van der Waals surface area contributed by atoms with Crippen molar-refractivity contribution in [3.63, 3.8) is 0 Å². The number of nitrogens with zero attached hydrogens (tertiary/aromatic N) is 4. The Morgan fingerprint density at radius 3 is 2.53 bits per heavy atom. The molecule has 0 fully saturated rings. The van der Waals surface area contributed by atoms with E-state index < -0.39 is 9.84 Å². The molecule has 8 nitrogen and oxygen atoms in total. The first-order valence-corrected chi connectivity index (χ1v) is 13.5. The number of aromatic nitrogens is 2. The van der Waals surface area contributed by atoms with Gasteiger partial charge in [0.25, 0.3) is 5.91 Å². The van der Waals surface area contributed by atoms with Gasteiger partial charge in [-0.25, -0.2) is 8.42 Å². The summed E-state index contributed by atoms with van der Waals surface area (Å²) >= 11 is 0. The standard InChI is InChI=1S/C27H29N5O3S/c1-4-36(34,35)24-10-9-23(29-15-24)14-31-27(33)21-11-22-17-32(26(18(2)3)25(22)30-13-21)16-20-7-5-19(12-28)6-8-20/h5-11,13,15,18,26H,4,14,16-17H2,1-3H3,(H,31,33)/t26-/m0/s1. The van der Waals surface area contributed by atoms with Crippen molar-refractivity contribution < 1.29 is 13.2 Å². The molecule has 1 aromatic carbocycles. The van der Waals surface area contributed by atoms with Gasteiger partial charge in [-0.3, -0.25) is 19.7 Å². The third-order valence-electron chi connectivity index (χ3n) is 6.38. The van der Waals surface area contributed by atoms with Crippen LogP contribution in [0.25, 0.3) is 0 Å². The summed E-state index contributed by atoms with van der Waals surface area (Å²) < 4.78 is 23.9. The minimum absolute atomic E-state index is 0.0126. The van der Waals surface area contributed by atoms with Gasteiger partial charge < -0.3 is 5.32 Å². The summed E-state index contributed by atoms with van der Waals surface area (Å²) in [5.74, 6) is 0.0879. The molecule has 0 radical (unpaired) electrons. The van der Waals surface area contributed by atoms with Crippen LogP contribution >= 0.6 is 0 Å². The number of amides is 1. The molecule has 0 saturated carbocycles. The van der Waals surface area contributed by atoms with E-state index in [9.17, 15) is 13.2 Å². The lowest BCUT2D eigenvalue weighted by Crippen LogP contribution is -2.25. The number of nitrogens with one attached hydrogen (secondary N) is 1. The Labute approximate surface area is 211 Å². The van der Waals surface area contributed by atoms with E-state index in [4.69, 9.17) is 5.26 Å². The van der Waals surface area contributed by atoms with Gasteiger partial charge in [0.2, 0.25) is 0 Å². The van der Waals surface area contributed by atoms with Crippen LogP contribution < -0.4 is 5.32 Å². The predicted molar refractivity (Wildman–Crippen MR) is 135 cm³/mol. The van der Waals surface area contributed by atoms with Crippen molar-refractivity contribution in [1.82, 2.24) is 20.2 Å². The van der Waals surface area contributed by atoms with Crippen molar-refractivity contribution in [1.29, 1.82) is 5.26 Å². The monoisotopic (exact) mass is 503 g/mol. The molecule has 1 aliphatic heterocycles. The summed E-state index contributed by atoms with van der Waals surface area (Å²) in [6, 6.07) is 14.9. The predicted octanol–water partition coefficient (Wildman–Crippen LogP) is 3.78. The molecule has 0 spiro atoms. The van der Waals surface area contributed by atoms with Crippen LogP contribution in [0.5, 0.6) is 0 Å². The van der Waals surface area contributed by atoms with Gasteiger partial charge in [0.15, 0.2) is 9.84 Å². The molecule has 9 heteroatoms. The van der Waals surface area contributed by atoms with Gasteiger partial charge >= 0.3 is 0 Å². The molecule has 1 N–H and O–H groups in total. The number of sulfone groups is 1. The summed E-state index contributed by atoms with van der Waals surface area (Å²) in [6.07, 6.45) is 2.94. The Morgan fingerprint density at radius 2 is 1.92 bits per heavy atom. The van der Waals surface area contributed by atoms with E-state index >= 15 is 0 Å². The number of nitriles is 1. The Hall–Kier alpha value is -3.61. The zero-order chi connectivity index (χ0) is 25.9. The summed E-state index contributed by atoms with van der Waals surface area (Å²) in [5.41, 5.74) is 4.82. The fraction of sp³-hybridized carbons (Fsp3) is 0.333. The SMILES string of the molecule is CCS(=O)(=O)c1ccc(CNC(=O)c2cnc3c(c2)CN(Cc2ccc(C#N)cc2)[C@H]3C(C)C)nc1. The van der Waals surface area contributed by atoms with Crippen LogP contribution in [-0.2, 0) is 29.5 Å². The minimum atomic E-state index is -3.31. The first kappa shape index (κ1) is 25.5. The first-order valence-electron chi connectivity index (χ1n) is 11.9. The van der Waals surface area contributed by atoms with Crippen LogP contribution in [0.15, 0.2) is 59.8 Å². The molecule has 4 rings (SSSR count). The van der Waals surface area contributed by atoms with E-state index in [0.717, 1.165) is 23.4 Å². The van der Waals surface area contributed by atoms with Crippen LogP contribution in [-0.4, -0.2) is 34.9 Å². The Bertz CT molecular complexity index is 1390. The normalized spacial score (nSPS) is 15.5. The molecule has 0 unspecified atom stereocenters. The highest BCUT2D eigenvalue weighted by molar-refractivity contribution is 7.91. The van der Waals surface area contributed by atoms with Crippen molar-refractivity contribution in [2.24, 2.45) is 5.92 Å². The number of hydrogen-bond acceptors (Lipinski definition) is 7. The maximum absolute atomic E-state index is 12.8. The number of carbonyl (C=O) groups is 1. The number of pyridine rings is 2. The molecule has 36 heavy (non-hydrogen) atoms. The number of carbonyl (C=O) groups excluding carboxylic acids is 1. The first-order chi connectivity index (χ1) is 17.2. The molecule has 0 aliphatic carbocycles. The van der Waals surface area contributed by atoms with E-state index in [0.29, 0.717) is 29.3 Å². The fourth-order valence-electron chi connectivity index (χ4n) is 4.48. The fourth-order valence-corrected chi connectivity index (χ4v) is 5.30. The summed E-state index contributed by atoms with van der Waals surface area (Å²) in [5, 5.41) is 11.9. The minimum Gasteiger partial charge on any atom is -0.346 e. The van der Waals surface area contributed by atoms with E-state index in [1.807, 2.05) is 30.3 Å². The molecule has 2 aromatic heterocycles. The van der Waals surface area contributed by atoms with E-state index in [-0.39, 0.29) is 29.1 Å². The zero-order valence-corrected chi connectivity index (χ0v) is 21.4. The van der Waals surface area contributed by atoms with E-state index in [1.165, 1.54) is 12.3 Å². The summed E-state index contributed by atoms with van der Waals surface area (Å²) in [6.45, 7) is 7.50. The molecule has 1 aliphatic rings. The highest BCUT2D eigenvalue weighted by Gasteiger charge is 2.34. The maximum Gasteiger partial charge on any atom is 0.253 e. The smallest absolute Gasteiger partial charge is 0.253 e. The topological polar surface area (TPSA) is 116 Å². The van der Waals surface area contributed by atoms with Gasteiger partial charge in [0.05, 0.1) is 51.8 Å². The molecular formula is C27H29N5O3S. The average molecular weight is 504 g/mol. The highest BCUT2D eigenvalue weighted by Crippen LogP contribution is 2.38. The van der Waals surface area contributed by atoms with Crippen molar-refractivity contribution in [3.8, 4) is 6.07 Å². The van der Waals surface area contributed by atoms with Gasteiger partial charge in [-0.15, -0.1) is 0 Å². The van der Waals surface area contributed by atoms with Crippen LogP contribution in [0.3, 0.4) is 0 Å². The van der Waals surface area contributed by atoms with Crippen molar-refractivity contribution in [2.75, 3.05) is 5.75 Å². The van der Waals surface area contributed by atoms with Gasteiger partial charge in [-0.05, 0) is 47.4 Å². The Kier molecular flexibility index (Phi) is 7.48. The van der Waals surface area contributed by atoms with Gasteiger partial charge in [-0.1, -0.05) is 32.9 Å². The quantitative estimate of drug-likeness (QED) is 0.497. The van der Waals surface area contributed by atoms with E-state index in [2.05, 4.69) is 40.1 Å². The van der Waals surface area contributed by atoms with Gasteiger partial charge in [-0.2, -0.15) is 5.26 Å². The van der Waals surface area contributed by atoms with Crippen LogP contribution in [0, 0.1) is 17.2 Å². The molecule has 186 valence electrons. The van der Waals surface area contributed by atoms with Crippen LogP contribution in [0.1, 0.15) is 65.2 Å². The lowest BCUT2D eigenvalue weighted by molar-refractivity contribution is 0.0950. The van der Waals surface area contributed by atoms with E-state index in [1.54, 1.807) is 19.2 Å². The van der Waals surface area contributed by atoms with Crippen molar-refractivity contribution >= 4 is 15.7 Å². The Morgan fingerprint density at radius 1 is 1.17 bits per heavy atom. The van der Waals surface area contributed by atoms with Crippen LogP contribution in [0.4, 0.5) is 0 Å². The largest absolute Gasteiger partial charge is 0.346 e. The van der Waals surface area contributed by atoms with Crippen LogP contribution in [0.2, 0.25) is 0 Å². The zero-order valence-electron chi connectivity index (χ0n) is 20.6. The lowest BCUT2D eigenvalue weighted by atomic mass is 9.99. The Balaban J connectivity index is 1.45. The van der Waals surface area contributed by atoms with Crippen molar-refractivity contribution in [2.45, 2.75) is 51.3 Å². The average Bonchev–Trinajstić information content (AvgIpc) is 3.25. The molecule has 3 heterocycles. The maximum atomic E-state index is 12.8. The third kappa shape index (κ3) is 5.45. The van der Waals surface area contributed by atoms with Gasteiger partial charge in [0.1, 0.15) is 0 Å². The molecule has 0 saturated heterocycles. The number of rotatable bonds is 8. The van der Waals surface area contributed by atoms with Gasteiger partial charge in [0, 0.05) is 25.5 Å². The second kappa shape index (κ2) is 10.6. The molecular weight excluding hydrogens is 474 g/mol. The summed E-state index contributed by atoms with van der Waals surface area (Å²) in [4.78, 5) is 24.2. The third-order valence-corrected chi connectivity index (χ3v) is 8.10.